The van der Waals surface area contributed by atoms with Crippen LogP contribution in [0.2, 0.25) is 0 Å². The molecule has 1 unspecified atom stereocenters. The fraction of sp³-hybridized carbons (Fsp3) is 0.385. The maximum Gasteiger partial charge on any atom is 0.250 e. The van der Waals surface area contributed by atoms with Crippen LogP contribution in [0.5, 0.6) is 0 Å². The topological polar surface area (TPSA) is 44.1 Å². The Morgan fingerprint density at radius 2 is 2.32 bits per heavy atom. The van der Waals surface area contributed by atoms with Crippen molar-refractivity contribution in [1.82, 2.24) is 9.55 Å². The minimum absolute atomic E-state index is 0.00276. The number of pyridine rings is 1. The van der Waals surface area contributed by atoms with Crippen molar-refractivity contribution in [1.29, 1.82) is 0 Å². The number of hydrogen-bond acceptors (Lipinski definition) is 4. The molecule has 102 valence electrons. The van der Waals surface area contributed by atoms with Crippen molar-refractivity contribution in [3.8, 4) is 0 Å². The van der Waals surface area contributed by atoms with Gasteiger partial charge >= 0.3 is 0 Å². The highest BCUT2D eigenvalue weighted by molar-refractivity contribution is 9.10. The van der Waals surface area contributed by atoms with Crippen LogP contribution in [0.4, 0.5) is 0 Å². The van der Waals surface area contributed by atoms with E-state index in [-0.39, 0.29) is 11.7 Å². The number of thiazole rings is 1. The van der Waals surface area contributed by atoms with E-state index in [1.807, 2.05) is 19.2 Å². The molecule has 0 fully saturated rings. The second-order valence-electron chi connectivity index (χ2n) is 4.09. The number of nitrogens with zero attached hydrogens (tertiary/aromatic N) is 2. The Balaban J connectivity index is 2.16. The molecule has 0 aliphatic carbocycles. The summed E-state index contributed by atoms with van der Waals surface area (Å²) in [6.45, 7) is 5.10. The Morgan fingerprint density at radius 1 is 1.53 bits per heavy atom. The molecule has 0 bridgehead atoms. The van der Waals surface area contributed by atoms with E-state index in [2.05, 4.69) is 20.9 Å². The lowest BCUT2D eigenvalue weighted by atomic mass is 10.4. The van der Waals surface area contributed by atoms with Crippen LogP contribution in [0, 0.1) is 0 Å². The molecule has 0 aromatic carbocycles. The molecule has 4 nitrogen and oxygen atoms in total. The molecule has 2 heterocycles. The third-order valence-electron chi connectivity index (χ3n) is 2.61. The maximum atomic E-state index is 11.7. The first-order valence-electron chi connectivity index (χ1n) is 6.02. The summed E-state index contributed by atoms with van der Waals surface area (Å²) in [7, 11) is 0. The zero-order valence-corrected chi connectivity index (χ0v) is 13.2. The second kappa shape index (κ2) is 6.45. The first-order chi connectivity index (χ1) is 9.10. The summed E-state index contributed by atoms with van der Waals surface area (Å²) >= 11 is 4.92. The van der Waals surface area contributed by atoms with Gasteiger partial charge in [-0.15, -0.1) is 11.3 Å². The molecule has 0 saturated carbocycles. The Bertz CT molecular complexity index is 609. The molecule has 0 aliphatic rings. The molecule has 19 heavy (non-hydrogen) atoms. The molecule has 0 amide bonds. The van der Waals surface area contributed by atoms with E-state index in [1.165, 1.54) is 0 Å². The van der Waals surface area contributed by atoms with Gasteiger partial charge in [-0.3, -0.25) is 4.79 Å². The summed E-state index contributed by atoms with van der Waals surface area (Å²) < 4.78 is 8.02. The third-order valence-corrected chi connectivity index (χ3v) is 4.14. The predicted molar refractivity (Wildman–Crippen MR) is 79.7 cm³/mol. The smallest absolute Gasteiger partial charge is 0.250 e. The Morgan fingerprint density at radius 3 is 3.05 bits per heavy atom. The van der Waals surface area contributed by atoms with Crippen LogP contribution in [0.25, 0.3) is 0 Å². The highest BCUT2D eigenvalue weighted by Gasteiger charge is 2.10. The Labute approximate surface area is 124 Å². The number of ether oxygens (including phenoxy) is 1. The number of aromatic nitrogens is 2. The molecular formula is C13H15BrN2O2S. The van der Waals surface area contributed by atoms with E-state index in [0.29, 0.717) is 13.2 Å². The molecule has 2 aromatic rings. The normalized spacial score (nSPS) is 12.6. The summed E-state index contributed by atoms with van der Waals surface area (Å²) in [4.78, 5) is 16.2. The number of halogens is 1. The fourth-order valence-corrected chi connectivity index (χ4v) is 2.90. The van der Waals surface area contributed by atoms with Crippen molar-refractivity contribution in [3.63, 3.8) is 0 Å². The van der Waals surface area contributed by atoms with Crippen molar-refractivity contribution in [2.24, 2.45) is 0 Å². The molecule has 2 rings (SSSR count). The lowest BCUT2D eigenvalue weighted by Gasteiger charge is -2.07. The van der Waals surface area contributed by atoms with Gasteiger partial charge in [0.15, 0.2) is 0 Å². The summed E-state index contributed by atoms with van der Waals surface area (Å²) in [5.41, 5.74) is 0.849. The molecule has 0 saturated heterocycles. The standard InChI is InChI=1S/C13H15BrN2O2S/c1-3-18-9(2)13-15-11(8-19-13)7-16-6-10(14)4-5-12(16)17/h4-6,8-9H,3,7H2,1-2H3. The van der Waals surface area contributed by atoms with Crippen molar-refractivity contribution in [3.05, 3.63) is 49.2 Å². The van der Waals surface area contributed by atoms with Crippen molar-refractivity contribution in [2.45, 2.75) is 26.5 Å². The number of rotatable bonds is 5. The molecule has 0 aliphatic heterocycles. The van der Waals surface area contributed by atoms with Crippen LogP contribution in [0.3, 0.4) is 0 Å². The van der Waals surface area contributed by atoms with Gasteiger partial charge in [0.1, 0.15) is 11.1 Å². The summed E-state index contributed by atoms with van der Waals surface area (Å²) in [6, 6.07) is 3.28. The average molecular weight is 343 g/mol. The van der Waals surface area contributed by atoms with Crippen molar-refractivity contribution in [2.75, 3.05) is 6.61 Å². The van der Waals surface area contributed by atoms with Crippen molar-refractivity contribution >= 4 is 27.3 Å². The fourth-order valence-electron chi connectivity index (χ4n) is 1.70. The lowest BCUT2D eigenvalue weighted by molar-refractivity contribution is 0.0761. The van der Waals surface area contributed by atoms with Gasteiger partial charge in [0.05, 0.1) is 12.2 Å². The maximum absolute atomic E-state index is 11.7. The van der Waals surface area contributed by atoms with Crippen molar-refractivity contribution < 1.29 is 4.74 Å². The summed E-state index contributed by atoms with van der Waals surface area (Å²) in [5.74, 6) is 0. The van der Waals surface area contributed by atoms with Crippen LogP contribution >= 0.6 is 27.3 Å². The molecule has 0 spiro atoms. The molecule has 2 aromatic heterocycles. The highest BCUT2D eigenvalue weighted by atomic mass is 79.9. The van der Waals surface area contributed by atoms with Gasteiger partial charge in [0.2, 0.25) is 0 Å². The van der Waals surface area contributed by atoms with Crippen LogP contribution in [0.15, 0.2) is 33.0 Å². The monoisotopic (exact) mass is 342 g/mol. The van der Waals surface area contributed by atoms with Gasteiger partial charge in [-0.1, -0.05) is 0 Å². The zero-order chi connectivity index (χ0) is 13.8. The van der Waals surface area contributed by atoms with E-state index < -0.39 is 0 Å². The Hall–Kier alpha value is -0.980. The third kappa shape index (κ3) is 3.75. The largest absolute Gasteiger partial charge is 0.372 e. The molecular weight excluding hydrogens is 328 g/mol. The van der Waals surface area contributed by atoms with Gasteiger partial charge in [-0.05, 0) is 35.8 Å². The molecule has 1 atom stereocenters. The van der Waals surface area contributed by atoms with Gasteiger partial charge in [0, 0.05) is 28.7 Å². The molecule has 0 radical (unpaired) electrons. The highest BCUT2D eigenvalue weighted by Crippen LogP contribution is 2.21. The van der Waals surface area contributed by atoms with E-state index >= 15 is 0 Å². The molecule has 6 heteroatoms. The van der Waals surface area contributed by atoms with Gasteiger partial charge in [0.25, 0.3) is 5.56 Å². The van der Waals surface area contributed by atoms with Crippen LogP contribution in [0.1, 0.15) is 30.7 Å². The van der Waals surface area contributed by atoms with E-state index in [9.17, 15) is 4.79 Å². The van der Waals surface area contributed by atoms with E-state index in [0.717, 1.165) is 15.2 Å². The van der Waals surface area contributed by atoms with Gasteiger partial charge in [-0.2, -0.15) is 0 Å². The quantitative estimate of drug-likeness (QED) is 0.837. The van der Waals surface area contributed by atoms with E-state index in [4.69, 9.17) is 4.74 Å². The SMILES string of the molecule is CCOC(C)c1nc(Cn2cc(Br)ccc2=O)cs1. The van der Waals surface area contributed by atoms with Crippen LogP contribution in [-0.4, -0.2) is 16.2 Å². The predicted octanol–water partition coefficient (Wildman–Crippen LogP) is 3.21. The van der Waals surface area contributed by atoms with E-state index in [1.54, 1.807) is 34.2 Å². The average Bonchev–Trinajstić information content (AvgIpc) is 2.83. The minimum Gasteiger partial charge on any atom is -0.372 e. The lowest BCUT2D eigenvalue weighted by Crippen LogP contribution is -2.19. The van der Waals surface area contributed by atoms with Gasteiger partial charge in [-0.25, -0.2) is 4.98 Å². The summed E-state index contributed by atoms with van der Waals surface area (Å²) in [6.07, 6.45) is 1.77. The minimum atomic E-state index is -0.0318. The van der Waals surface area contributed by atoms with Crippen LogP contribution < -0.4 is 5.56 Å². The van der Waals surface area contributed by atoms with Crippen LogP contribution in [-0.2, 0) is 11.3 Å². The Kier molecular flexibility index (Phi) is 4.90. The number of hydrogen-bond donors (Lipinski definition) is 0. The summed E-state index contributed by atoms with van der Waals surface area (Å²) in [5, 5.41) is 2.91. The van der Waals surface area contributed by atoms with Gasteiger partial charge < -0.3 is 9.30 Å². The zero-order valence-electron chi connectivity index (χ0n) is 10.8. The first-order valence-corrected chi connectivity index (χ1v) is 7.69. The second-order valence-corrected chi connectivity index (χ2v) is 5.89. The molecule has 0 N–H and O–H groups in total. The first kappa shape index (κ1) is 14.4.